The van der Waals surface area contributed by atoms with Gasteiger partial charge < -0.3 is 10.2 Å². The van der Waals surface area contributed by atoms with Gasteiger partial charge in [-0.25, -0.2) is 8.42 Å². The minimum Gasteiger partial charge on any atom is -0.345 e. The summed E-state index contributed by atoms with van der Waals surface area (Å²) in [4.78, 5) is 76.9. The van der Waals surface area contributed by atoms with Gasteiger partial charge in [-0.2, -0.15) is 0 Å². The quantitative estimate of drug-likeness (QED) is 0.185. The average molecular weight is 827 g/mol. The lowest BCUT2D eigenvalue weighted by Gasteiger charge is -2.38. The highest BCUT2D eigenvalue weighted by molar-refractivity contribution is 7.91. The van der Waals surface area contributed by atoms with Crippen molar-refractivity contribution in [2.45, 2.75) is 194 Å². The van der Waals surface area contributed by atoms with E-state index >= 15 is 4.79 Å². The summed E-state index contributed by atoms with van der Waals surface area (Å²) in [6.07, 6.45) is 13.4. The number of rotatable bonds is 15. The van der Waals surface area contributed by atoms with E-state index in [0.29, 0.717) is 38.6 Å². The van der Waals surface area contributed by atoms with Crippen LogP contribution in [0.3, 0.4) is 0 Å². The third-order valence-corrected chi connectivity index (χ3v) is 20.0. The maximum absolute atomic E-state index is 15.3. The van der Waals surface area contributed by atoms with E-state index in [2.05, 4.69) is 35.7 Å². The third-order valence-electron chi connectivity index (χ3n) is 17.8. The van der Waals surface area contributed by atoms with Gasteiger partial charge in [0.2, 0.25) is 27.7 Å². The molecule has 0 aromatic carbocycles. The van der Waals surface area contributed by atoms with Crippen LogP contribution in [0.25, 0.3) is 0 Å². The van der Waals surface area contributed by atoms with Crippen molar-refractivity contribution in [2.75, 3.05) is 19.6 Å². The van der Waals surface area contributed by atoms with Crippen LogP contribution in [0.15, 0.2) is 0 Å². The maximum Gasteiger partial charge on any atom is 0.240 e. The van der Waals surface area contributed by atoms with Crippen molar-refractivity contribution >= 4 is 39.3 Å². The number of hydrogen-bond donors (Lipinski definition) is 2. The van der Waals surface area contributed by atoms with Crippen LogP contribution in [0.2, 0.25) is 0 Å². The molecule has 0 aromatic heterocycles. The molecule has 0 radical (unpaired) electrons. The molecular weight excluding hydrogens is 753 g/mol. The van der Waals surface area contributed by atoms with Crippen LogP contribution in [0.5, 0.6) is 0 Å². The molecule has 7 atom stereocenters. The molecule has 58 heavy (non-hydrogen) atoms. The van der Waals surface area contributed by atoms with E-state index in [4.69, 9.17) is 0 Å². The number of piperidine rings is 1. The Kier molecular flexibility index (Phi) is 11.5. The molecule has 11 nitrogen and oxygen atoms in total. The molecule has 2 spiro atoms. The molecule has 326 valence electrons. The summed E-state index contributed by atoms with van der Waals surface area (Å²) in [5.74, 6) is -1.96. The normalized spacial score (nSPS) is 33.5. The SMILES string of the molecule is CC[C@@H]1C[C@]1(CC(=O)[C@@H]1C[C@@]2(CN1C(=O)[C@@H](CC(=O)[C@@H](NC(=O)[C@@H]1CCCCN1CC)C1CCCCC1)C(C)(C)C)C(C)(C)C21CCC1)C(=O)NS(=O)(=O)C1(C)CC1. The summed E-state index contributed by atoms with van der Waals surface area (Å²) in [5.41, 5.74) is -1.99. The minimum absolute atomic E-state index is 0.0217. The van der Waals surface area contributed by atoms with Gasteiger partial charge in [0.25, 0.3) is 0 Å². The fraction of sp³-hybridized carbons (Fsp3) is 0.891. The largest absolute Gasteiger partial charge is 0.345 e. The van der Waals surface area contributed by atoms with Crippen LogP contribution >= 0.6 is 0 Å². The van der Waals surface area contributed by atoms with Gasteiger partial charge in [-0.15, -0.1) is 0 Å². The Balaban J connectivity index is 1.15. The Bertz CT molecular complexity index is 1770. The zero-order valence-corrected chi connectivity index (χ0v) is 37.8. The Morgan fingerprint density at radius 2 is 1.47 bits per heavy atom. The molecule has 5 saturated carbocycles. The molecule has 7 rings (SSSR count). The van der Waals surface area contributed by atoms with E-state index in [0.717, 1.165) is 83.7 Å². The van der Waals surface area contributed by atoms with Crippen LogP contribution in [0.1, 0.15) is 171 Å². The second kappa shape index (κ2) is 15.2. The molecule has 2 N–H and O–H groups in total. The van der Waals surface area contributed by atoms with Crippen molar-refractivity contribution in [1.82, 2.24) is 19.8 Å². The number of hydrogen-bond acceptors (Lipinski definition) is 8. The lowest BCUT2D eigenvalue weighted by molar-refractivity contribution is -0.147. The molecule has 7 aliphatic rings. The Morgan fingerprint density at radius 1 is 0.810 bits per heavy atom. The topological polar surface area (TPSA) is 150 Å². The Hall–Kier alpha value is -2.34. The summed E-state index contributed by atoms with van der Waals surface area (Å²) in [6, 6.07) is -1.68. The molecule has 12 heteroatoms. The fourth-order valence-corrected chi connectivity index (χ4v) is 14.3. The molecule has 2 saturated heterocycles. The number of nitrogens with zero attached hydrogens (tertiary/aromatic N) is 2. The zero-order chi connectivity index (χ0) is 42.3. The predicted octanol–water partition coefficient (Wildman–Crippen LogP) is 6.72. The van der Waals surface area contributed by atoms with Crippen LogP contribution < -0.4 is 10.0 Å². The van der Waals surface area contributed by atoms with Crippen LogP contribution in [0, 0.1) is 44.8 Å². The molecule has 0 unspecified atom stereocenters. The van der Waals surface area contributed by atoms with Crippen molar-refractivity contribution in [3.05, 3.63) is 0 Å². The number of sulfonamides is 1. The first kappa shape index (κ1) is 43.7. The Labute approximate surface area is 348 Å². The third kappa shape index (κ3) is 7.11. The van der Waals surface area contributed by atoms with Gasteiger partial charge in [0.15, 0.2) is 11.6 Å². The average Bonchev–Trinajstić information content (AvgIpc) is 4.09. The molecule has 7 fully saturated rings. The second-order valence-electron chi connectivity index (χ2n) is 21.9. The molecule has 2 aliphatic heterocycles. The van der Waals surface area contributed by atoms with E-state index in [1.807, 2.05) is 27.7 Å². The lowest BCUT2D eigenvalue weighted by Crippen LogP contribution is -2.56. The number of nitrogens with one attached hydrogen (secondary N) is 2. The highest BCUT2D eigenvalue weighted by Gasteiger charge is 2.85. The number of fused-ring (bicyclic) bond motifs is 1. The van der Waals surface area contributed by atoms with E-state index in [1.54, 1.807) is 11.8 Å². The van der Waals surface area contributed by atoms with Gasteiger partial charge in [-0.05, 0) is 112 Å². The van der Waals surface area contributed by atoms with Crippen molar-refractivity contribution in [2.24, 2.45) is 44.8 Å². The molecule has 5 aliphatic carbocycles. The number of carbonyl (C=O) groups is 5. The zero-order valence-electron chi connectivity index (χ0n) is 37.0. The molecular formula is C46H74N4O7S. The highest BCUT2D eigenvalue weighted by atomic mass is 32.2. The monoisotopic (exact) mass is 827 g/mol. The molecule has 3 amide bonds. The van der Waals surface area contributed by atoms with Gasteiger partial charge in [0.05, 0.1) is 28.3 Å². The number of amides is 3. The van der Waals surface area contributed by atoms with Gasteiger partial charge in [0.1, 0.15) is 0 Å². The summed E-state index contributed by atoms with van der Waals surface area (Å²) < 4.78 is 27.9. The lowest BCUT2D eigenvalue weighted by atomic mass is 9.73. The fourth-order valence-electron chi connectivity index (χ4n) is 13.0. The summed E-state index contributed by atoms with van der Waals surface area (Å²) in [7, 11) is -3.88. The van der Waals surface area contributed by atoms with E-state index < -0.39 is 49.5 Å². The van der Waals surface area contributed by atoms with Gasteiger partial charge >= 0.3 is 0 Å². The maximum atomic E-state index is 15.3. The van der Waals surface area contributed by atoms with E-state index in [9.17, 15) is 27.6 Å². The second-order valence-corrected chi connectivity index (χ2v) is 24.1. The first-order valence-electron chi connectivity index (χ1n) is 23.1. The number of likely N-dealkylation sites (N-methyl/N-ethyl adjacent to an activating group) is 1. The van der Waals surface area contributed by atoms with Crippen molar-refractivity contribution in [3.8, 4) is 0 Å². The van der Waals surface area contributed by atoms with Gasteiger partial charge in [-0.3, -0.25) is 33.6 Å². The van der Waals surface area contributed by atoms with E-state index in [-0.39, 0.29) is 70.3 Å². The summed E-state index contributed by atoms with van der Waals surface area (Å²) in [6.45, 7) is 18.3. The standard InChI is InChI=1S/C46H74N4O7S/c1-9-31-26-44(31,40(55)48-58(56,57)43(8)22-23-43)28-36(52)34-27-46(42(6,7)45(46)20-16-21-45)29-50(34)39(54)32(41(3,4)5)25-35(51)37(30-17-12-11-13-18-30)47-38(53)33-19-14-15-24-49(33)10-2/h30-34,37H,9-29H2,1-8H3,(H,47,53)(H,48,55)/t31-,32-,33+,34+,37+,44-,46-/m1/s1. The molecule has 0 aromatic rings. The molecule has 0 bridgehead atoms. The smallest absolute Gasteiger partial charge is 0.240 e. The van der Waals surface area contributed by atoms with Crippen LogP contribution in [-0.2, 0) is 34.0 Å². The minimum atomic E-state index is -3.88. The number of likely N-dealkylation sites (tertiary alicyclic amines) is 2. The number of carbonyl (C=O) groups excluding carboxylic acids is 5. The summed E-state index contributed by atoms with van der Waals surface area (Å²) in [5, 5.41) is 3.26. The first-order chi connectivity index (χ1) is 27.1. The Morgan fingerprint density at radius 3 is 2.00 bits per heavy atom. The van der Waals surface area contributed by atoms with Crippen molar-refractivity contribution in [3.63, 3.8) is 0 Å². The van der Waals surface area contributed by atoms with Gasteiger partial charge in [-0.1, -0.05) is 87.0 Å². The van der Waals surface area contributed by atoms with Crippen molar-refractivity contribution in [1.29, 1.82) is 0 Å². The van der Waals surface area contributed by atoms with Crippen molar-refractivity contribution < 1.29 is 32.4 Å². The van der Waals surface area contributed by atoms with Gasteiger partial charge in [0, 0.05) is 30.7 Å². The number of Topliss-reactive ketones (excluding diaryl/α,β-unsaturated/α-hetero) is 2. The number of ketones is 2. The highest BCUT2D eigenvalue weighted by Crippen LogP contribution is 2.88. The summed E-state index contributed by atoms with van der Waals surface area (Å²) >= 11 is 0. The van der Waals surface area contributed by atoms with Crippen LogP contribution in [-0.4, -0.2) is 90.0 Å². The first-order valence-corrected chi connectivity index (χ1v) is 24.6. The van der Waals surface area contributed by atoms with E-state index in [1.165, 1.54) is 0 Å². The molecule has 2 heterocycles. The van der Waals surface area contributed by atoms with Crippen LogP contribution in [0.4, 0.5) is 0 Å². The predicted molar refractivity (Wildman–Crippen MR) is 224 cm³/mol.